The van der Waals surface area contributed by atoms with Gasteiger partial charge < -0.3 is 19.4 Å². The molecule has 138 valence electrons. The van der Waals surface area contributed by atoms with E-state index in [4.69, 9.17) is 9.47 Å². The molecule has 0 saturated carbocycles. The molecule has 1 N–H and O–H groups in total. The fourth-order valence-electron chi connectivity index (χ4n) is 2.60. The molecule has 7 nitrogen and oxygen atoms in total. The quantitative estimate of drug-likeness (QED) is 0.679. The molecule has 27 heavy (non-hydrogen) atoms. The predicted octanol–water partition coefficient (Wildman–Crippen LogP) is 2.98. The zero-order chi connectivity index (χ0) is 19.2. The number of methoxy groups -OCH3 is 2. The number of amides is 1. The number of carbonyl (C=O) groups is 2. The Hall–Kier alpha value is -3.61. The number of esters is 1. The van der Waals surface area contributed by atoms with Crippen molar-refractivity contribution in [2.45, 2.75) is 6.54 Å². The third kappa shape index (κ3) is 4.33. The van der Waals surface area contributed by atoms with Crippen LogP contribution in [0.3, 0.4) is 0 Å². The highest BCUT2D eigenvalue weighted by atomic mass is 16.5. The van der Waals surface area contributed by atoms with Gasteiger partial charge in [-0.25, -0.2) is 9.78 Å². The van der Waals surface area contributed by atoms with E-state index in [0.29, 0.717) is 29.1 Å². The van der Waals surface area contributed by atoms with Crippen LogP contribution >= 0.6 is 0 Å². The number of aromatic nitrogens is 2. The molecule has 0 unspecified atom stereocenters. The van der Waals surface area contributed by atoms with Gasteiger partial charge >= 0.3 is 5.97 Å². The zero-order valence-corrected chi connectivity index (χ0v) is 15.0. The van der Waals surface area contributed by atoms with Crippen LogP contribution in [0.25, 0.3) is 0 Å². The first-order valence-electron chi connectivity index (χ1n) is 8.23. The summed E-state index contributed by atoms with van der Waals surface area (Å²) in [6.07, 6.45) is 5.33. The predicted molar refractivity (Wildman–Crippen MR) is 100 cm³/mol. The molecule has 0 radical (unpaired) electrons. The number of ether oxygens (including phenoxy) is 2. The van der Waals surface area contributed by atoms with E-state index in [2.05, 4.69) is 10.3 Å². The number of hydrogen-bond acceptors (Lipinski definition) is 5. The van der Waals surface area contributed by atoms with Crippen molar-refractivity contribution in [3.8, 4) is 5.75 Å². The van der Waals surface area contributed by atoms with E-state index in [1.807, 2.05) is 22.9 Å². The lowest BCUT2D eigenvalue weighted by molar-refractivity contribution is 0.0600. The van der Waals surface area contributed by atoms with Crippen molar-refractivity contribution in [2.75, 3.05) is 19.5 Å². The average Bonchev–Trinajstić information content (AvgIpc) is 3.20. The summed E-state index contributed by atoms with van der Waals surface area (Å²) < 4.78 is 11.9. The van der Waals surface area contributed by atoms with Crippen molar-refractivity contribution < 1.29 is 19.1 Å². The number of rotatable bonds is 6. The van der Waals surface area contributed by atoms with E-state index in [1.165, 1.54) is 20.3 Å². The summed E-state index contributed by atoms with van der Waals surface area (Å²) in [7, 11) is 2.80. The van der Waals surface area contributed by atoms with Gasteiger partial charge in [0.25, 0.3) is 5.91 Å². The zero-order valence-electron chi connectivity index (χ0n) is 15.0. The Balaban J connectivity index is 1.75. The maximum Gasteiger partial charge on any atom is 0.337 e. The first kappa shape index (κ1) is 18.2. The normalized spacial score (nSPS) is 10.3. The minimum Gasteiger partial charge on any atom is -0.495 e. The number of imidazole rings is 1. The average molecular weight is 365 g/mol. The summed E-state index contributed by atoms with van der Waals surface area (Å²) in [5.41, 5.74) is 2.27. The van der Waals surface area contributed by atoms with Crippen molar-refractivity contribution in [3.05, 3.63) is 77.9 Å². The van der Waals surface area contributed by atoms with E-state index in [9.17, 15) is 9.59 Å². The number of nitrogens with one attached hydrogen (secondary N) is 1. The lowest BCUT2D eigenvalue weighted by atomic mass is 10.1. The minimum absolute atomic E-state index is 0.301. The summed E-state index contributed by atoms with van der Waals surface area (Å²) in [5, 5.41) is 2.78. The largest absolute Gasteiger partial charge is 0.495 e. The van der Waals surface area contributed by atoms with Gasteiger partial charge in [-0.15, -0.1) is 0 Å². The SMILES string of the molecule is COC(=O)c1ccc(OC)c(NC(=O)c2ccc(Cn3ccnc3)cc2)c1. The molecule has 0 saturated heterocycles. The Bertz CT molecular complexity index is 934. The van der Waals surface area contributed by atoms with Gasteiger partial charge in [-0.1, -0.05) is 12.1 Å². The van der Waals surface area contributed by atoms with Crippen LogP contribution < -0.4 is 10.1 Å². The van der Waals surface area contributed by atoms with Gasteiger partial charge in [-0.05, 0) is 35.9 Å². The molecule has 2 aromatic carbocycles. The van der Waals surface area contributed by atoms with Crippen LogP contribution in [0.4, 0.5) is 5.69 Å². The molecule has 3 rings (SSSR count). The van der Waals surface area contributed by atoms with E-state index in [-0.39, 0.29) is 5.91 Å². The molecule has 0 aliphatic carbocycles. The Morgan fingerprint density at radius 1 is 1.07 bits per heavy atom. The Kier molecular flexibility index (Phi) is 5.51. The highest BCUT2D eigenvalue weighted by Crippen LogP contribution is 2.26. The third-order valence-electron chi connectivity index (χ3n) is 4.01. The van der Waals surface area contributed by atoms with Crippen LogP contribution in [-0.2, 0) is 11.3 Å². The van der Waals surface area contributed by atoms with E-state index < -0.39 is 5.97 Å². The molecule has 1 amide bonds. The van der Waals surface area contributed by atoms with Crippen molar-refractivity contribution in [1.82, 2.24) is 9.55 Å². The number of carbonyl (C=O) groups excluding carboxylic acids is 2. The minimum atomic E-state index is -0.489. The molecule has 1 aromatic heterocycles. The molecular weight excluding hydrogens is 346 g/mol. The molecule has 1 heterocycles. The number of nitrogens with zero attached hydrogens (tertiary/aromatic N) is 2. The Morgan fingerprint density at radius 3 is 2.44 bits per heavy atom. The maximum atomic E-state index is 12.6. The topological polar surface area (TPSA) is 82.5 Å². The number of benzene rings is 2. The summed E-state index contributed by atoms with van der Waals surface area (Å²) in [6.45, 7) is 0.677. The van der Waals surface area contributed by atoms with Gasteiger partial charge in [0.05, 0.1) is 31.8 Å². The van der Waals surface area contributed by atoms with Crippen molar-refractivity contribution in [1.29, 1.82) is 0 Å². The van der Waals surface area contributed by atoms with Crippen LogP contribution in [0.15, 0.2) is 61.2 Å². The third-order valence-corrected chi connectivity index (χ3v) is 4.01. The molecule has 7 heteroatoms. The second-order valence-electron chi connectivity index (χ2n) is 5.79. The van der Waals surface area contributed by atoms with Gasteiger partial charge in [0.15, 0.2) is 0 Å². The lowest BCUT2D eigenvalue weighted by Gasteiger charge is -2.12. The number of hydrogen-bond donors (Lipinski definition) is 1. The van der Waals surface area contributed by atoms with Crippen molar-refractivity contribution >= 4 is 17.6 Å². The van der Waals surface area contributed by atoms with E-state index >= 15 is 0 Å². The van der Waals surface area contributed by atoms with Gasteiger partial charge in [-0.3, -0.25) is 4.79 Å². The first-order chi connectivity index (χ1) is 13.1. The molecule has 3 aromatic rings. The molecule has 0 spiro atoms. The van der Waals surface area contributed by atoms with Crippen LogP contribution in [0.5, 0.6) is 5.75 Å². The summed E-state index contributed by atoms with van der Waals surface area (Å²) >= 11 is 0. The standard InChI is InChI=1S/C20H19N3O4/c1-26-18-8-7-16(20(25)27-2)11-17(18)22-19(24)15-5-3-14(4-6-15)12-23-10-9-21-13-23/h3-11,13H,12H2,1-2H3,(H,22,24). The fraction of sp³-hybridized carbons (Fsp3) is 0.150. The maximum absolute atomic E-state index is 12.6. The molecule has 0 atom stereocenters. The summed E-state index contributed by atoms with van der Waals surface area (Å²) in [6, 6.07) is 12.0. The molecular formula is C20H19N3O4. The second kappa shape index (κ2) is 8.18. The number of anilines is 1. The van der Waals surface area contributed by atoms with Crippen molar-refractivity contribution in [2.24, 2.45) is 0 Å². The lowest BCUT2D eigenvalue weighted by Crippen LogP contribution is -2.13. The molecule has 0 aliphatic heterocycles. The Labute approximate surface area is 156 Å². The monoisotopic (exact) mass is 365 g/mol. The molecule has 0 fully saturated rings. The molecule has 0 bridgehead atoms. The van der Waals surface area contributed by atoms with Gasteiger partial charge in [-0.2, -0.15) is 0 Å². The van der Waals surface area contributed by atoms with Crippen molar-refractivity contribution in [3.63, 3.8) is 0 Å². The summed E-state index contributed by atoms with van der Waals surface area (Å²) in [5.74, 6) is -0.339. The van der Waals surface area contributed by atoms with Gasteiger partial charge in [0, 0.05) is 24.5 Å². The highest BCUT2D eigenvalue weighted by molar-refractivity contribution is 6.05. The van der Waals surface area contributed by atoms with Crippen LogP contribution in [-0.4, -0.2) is 35.6 Å². The van der Waals surface area contributed by atoms with Crippen LogP contribution in [0.2, 0.25) is 0 Å². The second-order valence-corrected chi connectivity index (χ2v) is 5.79. The molecule has 0 aliphatic rings. The van der Waals surface area contributed by atoms with Crippen LogP contribution in [0, 0.1) is 0 Å². The smallest absolute Gasteiger partial charge is 0.337 e. The highest BCUT2D eigenvalue weighted by Gasteiger charge is 2.14. The fourth-order valence-corrected chi connectivity index (χ4v) is 2.60. The van der Waals surface area contributed by atoms with Gasteiger partial charge in [0.2, 0.25) is 0 Å². The summed E-state index contributed by atoms with van der Waals surface area (Å²) in [4.78, 5) is 28.3. The van der Waals surface area contributed by atoms with E-state index in [1.54, 1.807) is 36.8 Å². The van der Waals surface area contributed by atoms with Crippen LogP contribution in [0.1, 0.15) is 26.3 Å². The first-order valence-corrected chi connectivity index (χ1v) is 8.23. The van der Waals surface area contributed by atoms with Gasteiger partial charge in [0.1, 0.15) is 5.75 Å². The van der Waals surface area contributed by atoms with E-state index in [0.717, 1.165) is 5.56 Å². The Morgan fingerprint density at radius 2 is 1.81 bits per heavy atom.